The first-order chi connectivity index (χ1) is 13.0. The molecule has 140 valence electrons. The average Bonchev–Trinajstić information content (AvgIpc) is 3.07. The number of allylic oxidation sites excluding steroid dienone is 2. The monoisotopic (exact) mass is 369 g/mol. The molecule has 1 aliphatic rings. The summed E-state index contributed by atoms with van der Waals surface area (Å²) in [5.74, 6) is 1.09. The molecular weight excluding hydrogens is 349 g/mol. The van der Waals surface area contributed by atoms with Gasteiger partial charge in [0, 0.05) is 17.5 Å². The second kappa shape index (κ2) is 8.23. The third-order valence-electron chi connectivity index (χ3n) is 3.79. The van der Waals surface area contributed by atoms with E-state index in [0.29, 0.717) is 30.5 Å². The molecular formula is C18H20FN7O. The number of anilines is 1. The molecule has 2 aromatic heterocycles. The van der Waals surface area contributed by atoms with Crippen LogP contribution in [0.2, 0.25) is 0 Å². The highest BCUT2D eigenvalue weighted by Crippen LogP contribution is 2.19. The molecule has 0 fully saturated rings. The van der Waals surface area contributed by atoms with Crippen molar-refractivity contribution in [2.75, 3.05) is 18.5 Å². The number of halogens is 1. The Labute approximate surface area is 156 Å². The fraction of sp³-hybridized carbons (Fsp3) is 0.278. The number of hydrogen-bond acceptors (Lipinski definition) is 7. The molecule has 0 saturated carbocycles. The molecule has 0 amide bonds. The lowest BCUT2D eigenvalue weighted by molar-refractivity contribution is 0.315. The molecule has 0 aliphatic carbocycles. The summed E-state index contributed by atoms with van der Waals surface area (Å²) in [6, 6.07) is 7.44. The Morgan fingerprint density at radius 2 is 2.22 bits per heavy atom. The van der Waals surface area contributed by atoms with Crippen LogP contribution in [0.3, 0.4) is 0 Å². The zero-order chi connectivity index (χ0) is 19.2. The van der Waals surface area contributed by atoms with Gasteiger partial charge in [0.25, 0.3) is 0 Å². The number of rotatable bonds is 7. The van der Waals surface area contributed by atoms with Crippen molar-refractivity contribution in [2.24, 2.45) is 0 Å². The van der Waals surface area contributed by atoms with E-state index >= 15 is 0 Å². The standard InChI is InChI=1S/C18H20FN7O/c1-11-3-4-14(10-22-11)27-6-5-21-17-13(9-20)8-15(19)18(24-17)23-16-7-12(2)25-26-16/h3-4,7-8,10,18,21,24H,5-6H2,1-2H3,(H2,23,25,26). The topological polar surface area (TPSA) is 111 Å². The van der Waals surface area contributed by atoms with Gasteiger partial charge in [0.1, 0.15) is 35.9 Å². The predicted molar refractivity (Wildman–Crippen MR) is 98.2 cm³/mol. The number of aromatic amines is 1. The van der Waals surface area contributed by atoms with Crippen molar-refractivity contribution in [3.63, 3.8) is 0 Å². The van der Waals surface area contributed by atoms with Gasteiger partial charge in [0.15, 0.2) is 6.17 Å². The molecule has 3 heterocycles. The van der Waals surface area contributed by atoms with Gasteiger partial charge in [-0.1, -0.05) is 0 Å². The molecule has 2 aromatic rings. The number of hydrogen-bond donors (Lipinski definition) is 4. The normalized spacial score (nSPS) is 16.2. The van der Waals surface area contributed by atoms with Crippen LogP contribution < -0.4 is 20.7 Å². The van der Waals surface area contributed by atoms with E-state index in [1.807, 2.05) is 32.0 Å². The Balaban J connectivity index is 1.57. The minimum absolute atomic E-state index is 0.181. The first kappa shape index (κ1) is 18.3. The Morgan fingerprint density at radius 3 is 2.89 bits per heavy atom. The highest BCUT2D eigenvalue weighted by Gasteiger charge is 2.23. The van der Waals surface area contributed by atoms with Crippen molar-refractivity contribution in [1.82, 2.24) is 25.8 Å². The minimum Gasteiger partial charge on any atom is -0.490 e. The molecule has 3 rings (SSSR count). The van der Waals surface area contributed by atoms with Crippen molar-refractivity contribution in [3.8, 4) is 11.8 Å². The molecule has 0 saturated heterocycles. The van der Waals surface area contributed by atoms with Crippen LogP contribution in [0.4, 0.5) is 10.2 Å². The number of nitrogens with one attached hydrogen (secondary N) is 4. The SMILES string of the molecule is Cc1ccc(OCCNC2=C(C#N)C=C(F)C(Nc3cc(C)[nH]n3)N2)cn1. The lowest BCUT2D eigenvalue weighted by Crippen LogP contribution is -2.44. The number of dihydropyridines is 1. The van der Waals surface area contributed by atoms with Gasteiger partial charge in [0.05, 0.1) is 18.3 Å². The number of nitrogens with zero attached hydrogens (tertiary/aromatic N) is 3. The fourth-order valence-corrected chi connectivity index (χ4v) is 2.45. The first-order valence-corrected chi connectivity index (χ1v) is 8.41. The van der Waals surface area contributed by atoms with Gasteiger partial charge < -0.3 is 20.7 Å². The van der Waals surface area contributed by atoms with Crippen LogP contribution in [-0.2, 0) is 0 Å². The number of H-pyrrole nitrogens is 1. The van der Waals surface area contributed by atoms with E-state index in [-0.39, 0.29) is 5.57 Å². The van der Waals surface area contributed by atoms with E-state index < -0.39 is 12.0 Å². The maximum atomic E-state index is 14.2. The molecule has 27 heavy (non-hydrogen) atoms. The van der Waals surface area contributed by atoms with Gasteiger partial charge in [-0.2, -0.15) is 10.4 Å². The lowest BCUT2D eigenvalue weighted by atomic mass is 10.1. The van der Waals surface area contributed by atoms with Crippen LogP contribution in [0.1, 0.15) is 11.4 Å². The smallest absolute Gasteiger partial charge is 0.152 e. The van der Waals surface area contributed by atoms with Crippen LogP contribution in [0, 0.1) is 25.2 Å². The summed E-state index contributed by atoms with van der Waals surface area (Å²) in [6.07, 6.45) is 2.02. The Morgan fingerprint density at radius 1 is 1.37 bits per heavy atom. The van der Waals surface area contributed by atoms with E-state index in [2.05, 4.69) is 31.1 Å². The number of aryl methyl sites for hydroxylation is 2. The zero-order valence-corrected chi connectivity index (χ0v) is 15.0. The molecule has 0 bridgehead atoms. The third-order valence-corrected chi connectivity index (χ3v) is 3.79. The van der Waals surface area contributed by atoms with Crippen molar-refractivity contribution in [1.29, 1.82) is 5.26 Å². The molecule has 0 radical (unpaired) electrons. The molecule has 4 N–H and O–H groups in total. The molecule has 9 heteroatoms. The molecule has 8 nitrogen and oxygen atoms in total. The van der Waals surface area contributed by atoms with Gasteiger partial charge in [-0.05, 0) is 32.1 Å². The first-order valence-electron chi connectivity index (χ1n) is 8.41. The largest absolute Gasteiger partial charge is 0.490 e. The zero-order valence-electron chi connectivity index (χ0n) is 15.0. The van der Waals surface area contributed by atoms with Crippen molar-refractivity contribution in [2.45, 2.75) is 20.0 Å². The molecule has 0 aromatic carbocycles. The molecule has 1 unspecified atom stereocenters. The van der Waals surface area contributed by atoms with Crippen LogP contribution in [-0.4, -0.2) is 34.5 Å². The van der Waals surface area contributed by atoms with Crippen molar-refractivity contribution >= 4 is 5.82 Å². The number of aromatic nitrogens is 3. The summed E-state index contributed by atoms with van der Waals surface area (Å²) < 4.78 is 19.8. The summed E-state index contributed by atoms with van der Waals surface area (Å²) in [5, 5.41) is 25.0. The van der Waals surface area contributed by atoms with Gasteiger partial charge in [-0.25, -0.2) is 4.39 Å². The highest BCUT2D eigenvalue weighted by molar-refractivity contribution is 5.46. The Bertz CT molecular complexity index is 895. The molecule has 0 spiro atoms. The third kappa shape index (κ3) is 4.76. The van der Waals surface area contributed by atoms with E-state index in [0.717, 1.165) is 11.4 Å². The van der Waals surface area contributed by atoms with Gasteiger partial charge in [-0.3, -0.25) is 10.1 Å². The predicted octanol–water partition coefficient (Wildman–Crippen LogP) is 2.02. The van der Waals surface area contributed by atoms with E-state index in [4.69, 9.17) is 4.74 Å². The summed E-state index contributed by atoms with van der Waals surface area (Å²) in [6.45, 7) is 4.53. The highest BCUT2D eigenvalue weighted by atomic mass is 19.1. The maximum absolute atomic E-state index is 14.2. The van der Waals surface area contributed by atoms with Gasteiger partial charge >= 0.3 is 0 Å². The van der Waals surface area contributed by atoms with Crippen LogP contribution in [0.15, 0.2) is 47.7 Å². The van der Waals surface area contributed by atoms with E-state index in [1.54, 1.807) is 12.3 Å². The maximum Gasteiger partial charge on any atom is 0.152 e. The van der Waals surface area contributed by atoms with Crippen LogP contribution in [0.5, 0.6) is 5.75 Å². The number of pyridine rings is 1. The van der Waals surface area contributed by atoms with E-state index in [1.165, 1.54) is 6.08 Å². The lowest BCUT2D eigenvalue weighted by Gasteiger charge is -2.26. The fourth-order valence-electron chi connectivity index (χ4n) is 2.45. The average molecular weight is 369 g/mol. The summed E-state index contributed by atoms with van der Waals surface area (Å²) in [7, 11) is 0. The van der Waals surface area contributed by atoms with Gasteiger partial charge in [0.2, 0.25) is 0 Å². The Hall–Kier alpha value is -3.54. The summed E-state index contributed by atoms with van der Waals surface area (Å²) in [5.41, 5.74) is 1.95. The van der Waals surface area contributed by atoms with Crippen LogP contribution >= 0.6 is 0 Å². The van der Waals surface area contributed by atoms with Gasteiger partial charge in [-0.15, -0.1) is 0 Å². The summed E-state index contributed by atoms with van der Waals surface area (Å²) in [4.78, 5) is 4.16. The van der Waals surface area contributed by atoms with E-state index in [9.17, 15) is 9.65 Å². The number of nitriles is 1. The second-order valence-electron chi connectivity index (χ2n) is 6.00. The summed E-state index contributed by atoms with van der Waals surface area (Å²) >= 11 is 0. The minimum atomic E-state index is -0.825. The molecule has 1 atom stereocenters. The quantitative estimate of drug-likeness (QED) is 0.553. The Kier molecular flexibility index (Phi) is 5.56. The number of ether oxygens (including phenoxy) is 1. The molecule has 1 aliphatic heterocycles. The van der Waals surface area contributed by atoms with Crippen molar-refractivity contribution in [3.05, 3.63) is 59.1 Å². The second-order valence-corrected chi connectivity index (χ2v) is 6.00. The van der Waals surface area contributed by atoms with Crippen LogP contribution in [0.25, 0.3) is 0 Å². The van der Waals surface area contributed by atoms with Crippen molar-refractivity contribution < 1.29 is 9.13 Å².